The summed E-state index contributed by atoms with van der Waals surface area (Å²) < 4.78 is 6.12. The molecule has 0 N–H and O–H groups in total. The number of hydrogen-bond acceptors (Lipinski definition) is 3. The Kier molecular flexibility index (Phi) is 3.48. The summed E-state index contributed by atoms with van der Waals surface area (Å²) in [4.78, 5) is 11.0. The maximum absolute atomic E-state index is 10.8. The van der Waals surface area contributed by atoms with Crippen LogP contribution in [-0.2, 0) is 0 Å². The van der Waals surface area contributed by atoms with E-state index in [0.29, 0.717) is 10.4 Å². The summed E-state index contributed by atoms with van der Waals surface area (Å²) in [5.74, 6) is 0.753. The number of halogens is 1. The van der Waals surface area contributed by atoms with Crippen LogP contribution in [0.15, 0.2) is 18.2 Å². The summed E-state index contributed by atoms with van der Waals surface area (Å²) in [6, 6.07) is 5.04. The molecule has 4 nitrogen and oxygen atoms in total. The second-order valence-electron chi connectivity index (χ2n) is 5.96. The lowest BCUT2D eigenvalue weighted by molar-refractivity contribution is -0.385. The molecule has 2 aliphatic carbocycles. The fraction of sp³-hybridized carbons (Fsp3) is 0.600. The standard InChI is InChI=1S/C15H18BrNO3/c1-10-8-11(4-5-12(10)17(18)19)20-14-9-13(16)15(14)6-2-3-7-15/h4-5,8,13-14H,2-3,6-7,9H2,1H3. The molecule has 3 rings (SSSR count). The van der Waals surface area contributed by atoms with E-state index in [1.165, 1.54) is 31.7 Å². The third kappa shape index (κ3) is 2.12. The Balaban J connectivity index is 1.76. The highest BCUT2D eigenvalue weighted by molar-refractivity contribution is 9.09. The van der Waals surface area contributed by atoms with Gasteiger partial charge < -0.3 is 4.74 Å². The van der Waals surface area contributed by atoms with Gasteiger partial charge in [0.15, 0.2) is 0 Å². The maximum Gasteiger partial charge on any atom is 0.272 e. The number of benzene rings is 1. The Morgan fingerprint density at radius 2 is 2.10 bits per heavy atom. The average molecular weight is 340 g/mol. The van der Waals surface area contributed by atoms with Crippen LogP contribution >= 0.6 is 15.9 Å². The van der Waals surface area contributed by atoms with Gasteiger partial charge in [-0.15, -0.1) is 0 Å². The molecule has 2 unspecified atom stereocenters. The number of aryl methyl sites for hydroxylation is 1. The van der Waals surface area contributed by atoms with E-state index < -0.39 is 0 Å². The minimum Gasteiger partial charge on any atom is -0.490 e. The van der Waals surface area contributed by atoms with Crippen molar-refractivity contribution >= 4 is 21.6 Å². The average Bonchev–Trinajstić information content (AvgIpc) is 2.90. The first-order chi connectivity index (χ1) is 9.53. The second kappa shape index (κ2) is 5.02. The third-order valence-corrected chi connectivity index (χ3v) is 6.15. The van der Waals surface area contributed by atoms with E-state index in [-0.39, 0.29) is 22.1 Å². The van der Waals surface area contributed by atoms with Crippen LogP contribution in [0.3, 0.4) is 0 Å². The highest BCUT2D eigenvalue weighted by Gasteiger charge is 2.56. The topological polar surface area (TPSA) is 52.4 Å². The minimum atomic E-state index is -0.352. The number of hydrogen-bond donors (Lipinski definition) is 0. The zero-order valence-corrected chi connectivity index (χ0v) is 13.1. The van der Waals surface area contributed by atoms with Crippen molar-refractivity contribution in [2.45, 2.75) is 50.0 Å². The number of ether oxygens (including phenoxy) is 1. The summed E-state index contributed by atoms with van der Waals surface area (Å²) in [6.07, 6.45) is 6.27. The molecular weight excluding hydrogens is 322 g/mol. The van der Waals surface area contributed by atoms with Gasteiger partial charge in [0.25, 0.3) is 5.69 Å². The van der Waals surface area contributed by atoms with Crippen LogP contribution in [0.2, 0.25) is 0 Å². The van der Waals surface area contributed by atoms with Crippen LogP contribution in [0, 0.1) is 22.5 Å². The molecule has 2 saturated carbocycles. The summed E-state index contributed by atoms with van der Waals surface area (Å²) in [5, 5.41) is 10.8. The third-order valence-electron chi connectivity index (χ3n) is 4.86. The number of alkyl halides is 1. The van der Waals surface area contributed by atoms with Gasteiger partial charge in [0, 0.05) is 21.9 Å². The van der Waals surface area contributed by atoms with Crippen molar-refractivity contribution in [2.75, 3.05) is 0 Å². The van der Waals surface area contributed by atoms with E-state index >= 15 is 0 Å². The molecule has 1 aromatic rings. The molecule has 2 fully saturated rings. The van der Waals surface area contributed by atoms with Crippen molar-refractivity contribution in [3.63, 3.8) is 0 Å². The van der Waals surface area contributed by atoms with Crippen LogP contribution in [0.1, 0.15) is 37.7 Å². The Bertz CT molecular complexity index is 540. The van der Waals surface area contributed by atoms with Gasteiger partial charge in [0.05, 0.1) is 4.92 Å². The number of nitro groups is 1. The lowest BCUT2D eigenvalue weighted by Gasteiger charge is -2.51. The van der Waals surface area contributed by atoms with Crippen molar-refractivity contribution in [1.29, 1.82) is 0 Å². The monoisotopic (exact) mass is 339 g/mol. The quantitative estimate of drug-likeness (QED) is 0.466. The SMILES string of the molecule is Cc1cc(OC2CC(Br)C23CCCC3)ccc1[N+](=O)[O-]. The molecule has 108 valence electrons. The number of rotatable bonds is 3. The Morgan fingerprint density at radius 1 is 1.40 bits per heavy atom. The Labute approximate surface area is 126 Å². The first-order valence-corrected chi connectivity index (χ1v) is 8.00. The molecule has 0 radical (unpaired) electrons. The molecule has 0 amide bonds. The highest BCUT2D eigenvalue weighted by Crippen LogP contribution is 2.57. The van der Waals surface area contributed by atoms with Gasteiger partial charge in [0.2, 0.25) is 0 Å². The molecule has 2 atom stereocenters. The zero-order chi connectivity index (χ0) is 14.3. The minimum absolute atomic E-state index is 0.153. The molecule has 1 spiro atoms. The largest absolute Gasteiger partial charge is 0.490 e. The van der Waals surface area contributed by atoms with Crippen molar-refractivity contribution in [1.82, 2.24) is 0 Å². The molecule has 0 aliphatic heterocycles. The predicted octanol–water partition coefficient (Wildman–Crippen LogP) is 4.38. The van der Waals surface area contributed by atoms with Gasteiger partial charge >= 0.3 is 0 Å². The molecule has 1 aromatic carbocycles. The van der Waals surface area contributed by atoms with Gasteiger partial charge in [-0.1, -0.05) is 28.8 Å². The van der Waals surface area contributed by atoms with Crippen molar-refractivity contribution in [2.24, 2.45) is 5.41 Å². The van der Waals surface area contributed by atoms with Gasteiger partial charge in [0.1, 0.15) is 11.9 Å². The molecular formula is C15H18BrNO3. The fourth-order valence-corrected chi connectivity index (χ4v) is 4.70. The lowest BCUT2D eigenvalue weighted by Crippen LogP contribution is -2.55. The number of nitro benzene ring substituents is 1. The Hall–Kier alpha value is -1.10. The Morgan fingerprint density at radius 3 is 2.65 bits per heavy atom. The van der Waals surface area contributed by atoms with Gasteiger partial charge in [-0.05, 0) is 38.3 Å². The van der Waals surface area contributed by atoms with Gasteiger partial charge in [-0.25, -0.2) is 0 Å². The van der Waals surface area contributed by atoms with E-state index in [0.717, 1.165) is 12.2 Å². The molecule has 0 aromatic heterocycles. The molecule has 5 heteroatoms. The summed E-state index contributed by atoms with van der Waals surface area (Å²) in [7, 11) is 0. The molecule has 0 heterocycles. The second-order valence-corrected chi connectivity index (χ2v) is 7.06. The molecule has 20 heavy (non-hydrogen) atoms. The first kappa shape index (κ1) is 13.9. The smallest absolute Gasteiger partial charge is 0.272 e. The van der Waals surface area contributed by atoms with Gasteiger partial charge in [-0.2, -0.15) is 0 Å². The molecule has 0 bridgehead atoms. The van der Waals surface area contributed by atoms with Crippen LogP contribution in [0.25, 0.3) is 0 Å². The number of nitrogens with zero attached hydrogens (tertiary/aromatic N) is 1. The van der Waals surface area contributed by atoms with E-state index in [4.69, 9.17) is 4.74 Å². The predicted molar refractivity (Wildman–Crippen MR) is 80.5 cm³/mol. The van der Waals surface area contributed by atoms with Crippen molar-refractivity contribution < 1.29 is 9.66 Å². The maximum atomic E-state index is 10.8. The van der Waals surface area contributed by atoms with Crippen LogP contribution < -0.4 is 4.74 Å². The van der Waals surface area contributed by atoms with E-state index in [1.807, 2.05) is 0 Å². The van der Waals surface area contributed by atoms with Crippen molar-refractivity contribution in [3.8, 4) is 5.75 Å². The van der Waals surface area contributed by atoms with E-state index in [9.17, 15) is 10.1 Å². The first-order valence-electron chi connectivity index (χ1n) is 7.09. The summed E-state index contributed by atoms with van der Waals surface area (Å²) in [5.41, 5.74) is 1.10. The van der Waals surface area contributed by atoms with Crippen molar-refractivity contribution in [3.05, 3.63) is 33.9 Å². The normalized spacial score (nSPS) is 27.3. The molecule has 2 aliphatic rings. The summed E-state index contributed by atoms with van der Waals surface area (Å²) in [6.45, 7) is 1.75. The molecule has 0 saturated heterocycles. The van der Waals surface area contributed by atoms with E-state index in [1.54, 1.807) is 19.1 Å². The van der Waals surface area contributed by atoms with Gasteiger partial charge in [-0.3, -0.25) is 10.1 Å². The van der Waals surface area contributed by atoms with Crippen LogP contribution in [0.5, 0.6) is 5.75 Å². The van der Waals surface area contributed by atoms with Crippen LogP contribution in [-0.4, -0.2) is 15.9 Å². The fourth-order valence-electron chi connectivity index (χ4n) is 3.60. The lowest BCUT2D eigenvalue weighted by atomic mass is 9.64. The van der Waals surface area contributed by atoms with Crippen LogP contribution in [0.4, 0.5) is 5.69 Å². The summed E-state index contributed by atoms with van der Waals surface area (Å²) >= 11 is 3.77. The zero-order valence-electron chi connectivity index (χ0n) is 11.5. The highest BCUT2D eigenvalue weighted by atomic mass is 79.9. The van der Waals surface area contributed by atoms with E-state index in [2.05, 4.69) is 15.9 Å².